The molecule has 1 aliphatic heterocycles. The van der Waals surface area contributed by atoms with Gasteiger partial charge in [0, 0.05) is 18.4 Å². The highest BCUT2D eigenvalue weighted by molar-refractivity contribution is 5.66. The van der Waals surface area contributed by atoms with E-state index in [0.29, 0.717) is 6.04 Å². The van der Waals surface area contributed by atoms with Gasteiger partial charge in [0.25, 0.3) is 0 Å². The molecule has 1 N–H and O–H groups in total. The highest BCUT2D eigenvalue weighted by Crippen LogP contribution is 2.20. The lowest BCUT2D eigenvalue weighted by atomic mass is 9.97. The fraction of sp³-hybridized carbons (Fsp3) is 0.417. The average Bonchev–Trinajstić information content (AvgIpc) is 2.30. The van der Waals surface area contributed by atoms with Gasteiger partial charge in [-0.15, -0.1) is 0 Å². The lowest BCUT2D eigenvalue weighted by Crippen LogP contribution is -2.31. The smallest absolute Gasteiger partial charge is 0.0342 e. The molecule has 14 heavy (non-hydrogen) atoms. The predicted octanol–water partition coefficient (Wildman–Crippen LogP) is 2.24. The summed E-state index contributed by atoms with van der Waals surface area (Å²) in [5.74, 6) is 0. The van der Waals surface area contributed by atoms with Gasteiger partial charge in [0.2, 0.25) is 0 Å². The second-order valence-electron chi connectivity index (χ2n) is 3.65. The minimum atomic E-state index is 0.541. The maximum atomic E-state index is 4.15. The van der Waals surface area contributed by atoms with Crippen LogP contribution in [0.2, 0.25) is 0 Å². The molecule has 0 amide bonds. The summed E-state index contributed by atoms with van der Waals surface area (Å²) in [6.45, 7) is 3.29. The Morgan fingerprint density at radius 2 is 2.50 bits per heavy atom. The summed E-state index contributed by atoms with van der Waals surface area (Å²) in [5, 5.41) is 3.47. The molecule has 0 saturated heterocycles. The third-order valence-corrected chi connectivity index (χ3v) is 2.68. The first kappa shape index (κ1) is 9.41. The molecule has 1 aliphatic rings. The van der Waals surface area contributed by atoms with Crippen molar-refractivity contribution in [3.8, 4) is 0 Å². The number of nitrogens with one attached hydrogen (secondary N) is 1. The first-order chi connectivity index (χ1) is 6.90. The highest BCUT2D eigenvalue weighted by atomic mass is 14.9. The van der Waals surface area contributed by atoms with Crippen molar-refractivity contribution in [3.05, 3.63) is 36.2 Å². The zero-order chi connectivity index (χ0) is 9.80. The molecule has 0 radical (unpaired) electrons. The second-order valence-corrected chi connectivity index (χ2v) is 3.65. The predicted molar refractivity (Wildman–Crippen MR) is 58.9 cm³/mol. The molecule has 2 nitrogen and oxygen atoms in total. The van der Waals surface area contributed by atoms with Crippen LogP contribution in [0.4, 0.5) is 0 Å². The Labute approximate surface area is 85.1 Å². The van der Waals surface area contributed by atoms with Gasteiger partial charge in [0.1, 0.15) is 0 Å². The van der Waals surface area contributed by atoms with Gasteiger partial charge in [0.05, 0.1) is 0 Å². The van der Waals surface area contributed by atoms with Crippen molar-refractivity contribution in [1.29, 1.82) is 0 Å². The molecule has 0 spiro atoms. The average molecular weight is 188 g/mol. The molecule has 0 aliphatic carbocycles. The van der Waals surface area contributed by atoms with Gasteiger partial charge in [-0.2, -0.15) is 0 Å². The lowest BCUT2D eigenvalue weighted by molar-refractivity contribution is 0.568. The van der Waals surface area contributed by atoms with Crippen LogP contribution in [0.3, 0.4) is 0 Å². The maximum absolute atomic E-state index is 4.15. The summed E-state index contributed by atoms with van der Waals surface area (Å²) in [4.78, 5) is 4.15. The number of hydrogen-bond donors (Lipinski definition) is 1. The molecule has 1 unspecified atom stereocenters. The van der Waals surface area contributed by atoms with E-state index in [1.165, 1.54) is 11.1 Å². The molecule has 74 valence electrons. The molecule has 1 aromatic heterocycles. The molecule has 1 aromatic rings. The van der Waals surface area contributed by atoms with Crippen LogP contribution in [0.5, 0.6) is 0 Å². The van der Waals surface area contributed by atoms with Crippen molar-refractivity contribution in [2.75, 3.05) is 6.54 Å². The molecule has 2 heteroatoms. The third kappa shape index (κ3) is 2.02. The molecule has 2 heterocycles. The molecule has 0 bridgehead atoms. The normalized spacial score (nSPS) is 21.8. The van der Waals surface area contributed by atoms with Gasteiger partial charge >= 0.3 is 0 Å². The van der Waals surface area contributed by atoms with Crippen molar-refractivity contribution in [3.63, 3.8) is 0 Å². The van der Waals surface area contributed by atoms with E-state index in [-0.39, 0.29) is 0 Å². The van der Waals surface area contributed by atoms with Gasteiger partial charge in [-0.3, -0.25) is 4.98 Å². The van der Waals surface area contributed by atoms with Crippen molar-refractivity contribution in [2.24, 2.45) is 0 Å². The number of rotatable bonds is 2. The van der Waals surface area contributed by atoms with Crippen LogP contribution in [0.1, 0.15) is 25.3 Å². The topological polar surface area (TPSA) is 24.9 Å². The Morgan fingerprint density at radius 1 is 1.57 bits per heavy atom. The lowest BCUT2D eigenvalue weighted by Gasteiger charge is -2.21. The van der Waals surface area contributed by atoms with E-state index in [1.807, 2.05) is 18.5 Å². The Morgan fingerprint density at radius 3 is 3.21 bits per heavy atom. The van der Waals surface area contributed by atoms with E-state index < -0.39 is 0 Å². The van der Waals surface area contributed by atoms with Crippen LogP contribution in [-0.4, -0.2) is 17.6 Å². The maximum Gasteiger partial charge on any atom is 0.0342 e. The summed E-state index contributed by atoms with van der Waals surface area (Å²) in [7, 11) is 0. The number of pyridine rings is 1. The monoisotopic (exact) mass is 188 g/mol. The van der Waals surface area contributed by atoms with E-state index in [2.05, 4.69) is 29.4 Å². The Bertz CT molecular complexity index is 316. The quantitative estimate of drug-likeness (QED) is 0.770. The Kier molecular flexibility index (Phi) is 2.94. The van der Waals surface area contributed by atoms with Gasteiger partial charge in [-0.05, 0) is 36.6 Å². The van der Waals surface area contributed by atoms with E-state index in [0.717, 1.165) is 19.4 Å². The number of hydrogen-bond acceptors (Lipinski definition) is 2. The Balaban J connectivity index is 2.22. The zero-order valence-corrected chi connectivity index (χ0v) is 8.53. The fourth-order valence-electron chi connectivity index (χ4n) is 1.83. The van der Waals surface area contributed by atoms with Gasteiger partial charge in [0.15, 0.2) is 0 Å². The second kappa shape index (κ2) is 4.38. The van der Waals surface area contributed by atoms with Crippen LogP contribution < -0.4 is 5.32 Å². The van der Waals surface area contributed by atoms with E-state index in [1.54, 1.807) is 0 Å². The van der Waals surface area contributed by atoms with Crippen LogP contribution >= 0.6 is 0 Å². The van der Waals surface area contributed by atoms with Gasteiger partial charge < -0.3 is 5.32 Å². The van der Waals surface area contributed by atoms with Crippen molar-refractivity contribution in [1.82, 2.24) is 10.3 Å². The van der Waals surface area contributed by atoms with Crippen LogP contribution in [-0.2, 0) is 0 Å². The van der Waals surface area contributed by atoms with Gasteiger partial charge in [-0.1, -0.05) is 19.1 Å². The Hall–Kier alpha value is -1.15. The van der Waals surface area contributed by atoms with Crippen molar-refractivity contribution in [2.45, 2.75) is 25.8 Å². The molecular formula is C12H16N2. The summed E-state index contributed by atoms with van der Waals surface area (Å²) >= 11 is 0. The zero-order valence-electron chi connectivity index (χ0n) is 8.53. The number of nitrogens with zero attached hydrogens (tertiary/aromatic N) is 1. The summed E-state index contributed by atoms with van der Waals surface area (Å²) in [5.41, 5.74) is 2.70. The minimum absolute atomic E-state index is 0.541. The first-order valence-corrected chi connectivity index (χ1v) is 5.24. The molecule has 1 atom stereocenters. The van der Waals surface area contributed by atoms with Crippen molar-refractivity contribution < 1.29 is 0 Å². The highest BCUT2D eigenvalue weighted by Gasteiger charge is 2.11. The standard InChI is InChI=1S/C12H16N2/c1-2-12-8-10(5-7-14-12)11-4-3-6-13-9-11/h3-4,6,8-9,12,14H,2,5,7H2,1H3. The molecule has 2 rings (SSSR count). The molecule has 0 saturated carbocycles. The molecular weight excluding hydrogens is 172 g/mol. The first-order valence-electron chi connectivity index (χ1n) is 5.24. The fourth-order valence-corrected chi connectivity index (χ4v) is 1.83. The van der Waals surface area contributed by atoms with E-state index >= 15 is 0 Å². The van der Waals surface area contributed by atoms with E-state index in [9.17, 15) is 0 Å². The summed E-state index contributed by atoms with van der Waals surface area (Å²) in [6.07, 6.45) is 8.37. The van der Waals surface area contributed by atoms with E-state index in [4.69, 9.17) is 0 Å². The molecule has 0 aromatic carbocycles. The SMILES string of the molecule is CCC1C=C(c2cccnc2)CCN1. The van der Waals surface area contributed by atoms with Gasteiger partial charge in [-0.25, -0.2) is 0 Å². The van der Waals surface area contributed by atoms with Crippen LogP contribution in [0, 0.1) is 0 Å². The van der Waals surface area contributed by atoms with Crippen LogP contribution in [0.15, 0.2) is 30.6 Å². The minimum Gasteiger partial charge on any atom is -0.310 e. The largest absolute Gasteiger partial charge is 0.310 e. The third-order valence-electron chi connectivity index (χ3n) is 2.68. The van der Waals surface area contributed by atoms with Crippen molar-refractivity contribution >= 4 is 5.57 Å². The summed E-state index contributed by atoms with van der Waals surface area (Å²) < 4.78 is 0. The number of aromatic nitrogens is 1. The van der Waals surface area contributed by atoms with Crippen LogP contribution in [0.25, 0.3) is 5.57 Å². The summed E-state index contributed by atoms with van der Waals surface area (Å²) in [6, 6.07) is 4.68. The molecule has 0 fully saturated rings.